The molecule has 1 N–H and O–H groups in total. The zero-order valence-corrected chi connectivity index (χ0v) is 12.4. The van der Waals surface area contributed by atoms with Gasteiger partial charge in [-0.25, -0.2) is 0 Å². The summed E-state index contributed by atoms with van der Waals surface area (Å²) in [4.78, 5) is 16.3. The number of nitrogens with one attached hydrogen (secondary N) is 1. The Bertz CT molecular complexity index is 660. The maximum absolute atomic E-state index is 12.3. The van der Waals surface area contributed by atoms with Crippen LogP contribution in [0.15, 0.2) is 30.5 Å². The van der Waals surface area contributed by atoms with Gasteiger partial charge >= 0.3 is 0 Å². The van der Waals surface area contributed by atoms with Crippen molar-refractivity contribution in [3.8, 4) is 5.75 Å². The molecule has 20 heavy (non-hydrogen) atoms. The van der Waals surface area contributed by atoms with Crippen molar-refractivity contribution in [2.24, 2.45) is 0 Å². The van der Waals surface area contributed by atoms with E-state index < -0.39 is 0 Å². The number of hydrogen-bond donors (Lipinski definition) is 1. The number of aromatic nitrogens is 1. The number of carbonyl (C=O) groups is 1. The fraction of sp³-hybridized carbons (Fsp3) is 0.143. The van der Waals surface area contributed by atoms with E-state index in [9.17, 15) is 4.79 Å². The highest BCUT2D eigenvalue weighted by molar-refractivity contribution is 6.36. The van der Waals surface area contributed by atoms with E-state index in [-0.39, 0.29) is 16.5 Å². The van der Waals surface area contributed by atoms with Crippen LogP contribution in [0.25, 0.3) is 0 Å². The number of aryl methyl sites for hydroxylation is 1. The standard InChI is InChI=1S/C14H12Cl2N2O2/c1-8-5-10(3-4-17-8)18-14(19)11-6-9(15)7-12(16)13(11)20-2/h3-7H,1-2H3,(H,17,18,19). The van der Waals surface area contributed by atoms with E-state index in [1.165, 1.54) is 19.2 Å². The van der Waals surface area contributed by atoms with Crippen molar-refractivity contribution in [3.05, 3.63) is 51.8 Å². The second-order valence-electron chi connectivity index (χ2n) is 4.11. The van der Waals surface area contributed by atoms with E-state index in [0.717, 1.165) is 5.69 Å². The molecule has 0 aliphatic heterocycles. The van der Waals surface area contributed by atoms with Crippen LogP contribution in [0.1, 0.15) is 16.1 Å². The molecule has 0 radical (unpaired) electrons. The van der Waals surface area contributed by atoms with Crippen LogP contribution in [0.3, 0.4) is 0 Å². The van der Waals surface area contributed by atoms with E-state index in [1.807, 2.05) is 6.92 Å². The second kappa shape index (κ2) is 6.11. The lowest BCUT2D eigenvalue weighted by atomic mass is 10.1. The zero-order valence-electron chi connectivity index (χ0n) is 10.9. The first-order chi connectivity index (χ1) is 9.51. The van der Waals surface area contributed by atoms with Crippen LogP contribution >= 0.6 is 23.2 Å². The molecule has 0 aliphatic carbocycles. The fourth-order valence-electron chi connectivity index (χ4n) is 1.76. The number of halogens is 2. The summed E-state index contributed by atoms with van der Waals surface area (Å²) in [7, 11) is 1.45. The van der Waals surface area contributed by atoms with Crippen LogP contribution in [-0.2, 0) is 0 Å². The summed E-state index contributed by atoms with van der Waals surface area (Å²) in [5, 5.41) is 3.41. The van der Waals surface area contributed by atoms with Gasteiger partial charge in [0.15, 0.2) is 0 Å². The molecule has 0 saturated carbocycles. The lowest BCUT2D eigenvalue weighted by molar-refractivity contribution is 0.102. The third kappa shape index (κ3) is 3.21. The van der Waals surface area contributed by atoms with Crippen LogP contribution in [0.4, 0.5) is 5.69 Å². The maximum Gasteiger partial charge on any atom is 0.259 e. The third-order valence-corrected chi connectivity index (χ3v) is 3.11. The van der Waals surface area contributed by atoms with Crippen LogP contribution in [0.2, 0.25) is 10.0 Å². The first-order valence-corrected chi connectivity index (χ1v) is 6.54. The number of anilines is 1. The number of amides is 1. The summed E-state index contributed by atoms with van der Waals surface area (Å²) >= 11 is 11.9. The topological polar surface area (TPSA) is 51.2 Å². The Morgan fingerprint density at radius 1 is 1.30 bits per heavy atom. The Morgan fingerprint density at radius 3 is 2.70 bits per heavy atom. The van der Waals surface area contributed by atoms with Gasteiger partial charge in [0.2, 0.25) is 0 Å². The Hall–Kier alpha value is -1.78. The fourth-order valence-corrected chi connectivity index (χ4v) is 2.33. The minimum absolute atomic E-state index is 0.277. The summed E-state index contributed by atoms with van der Waals surface area (Å²) in [5.41, 5.74) is 1.72. The number of rotatable bonds is 3. The van der Waals surface area contributed by atoms with E-state index in [2.05, 4.69) is 10.3 Å². The van der Waals surface area contributed by atoms with Gasteiger partial charge in [-0.3, -0.25) is 9.78 Å². The van der Waals surface area contributed by atoms with Gasteiger partial charge in [0.25, 0.3) is 5.91 Å². The molecule has 0 atom stereocenters. The molecule has 1 amide bonds. The summed E-state index contributed by atoms with van der Waals surface area (Å²) in [6.45, 7) is 1.84. The zero-order chi connectivity index (χ0) is 14.7. The maximum atomic E-state index is 12.3. The van der Waals surface area contributed by atoms with Gasteiger partial charge < -0.3 is 10.1 Å². The minimum atomic E-state index is -0.350. The highest BCUT2D eigenvalue weighted by Gasteiger charge is 2.17. The number of benzene rings is 1. The van der Waals surface area contributed by atoms with Crippen LogP contribution in [0.5, 0.6) is 5.75 Å². The molecule has 0 aliphatic rings. The number of methoxy groups -OCH3 is 1. The van der Waals surface area contributed by atoms with Gasteiger partial charge in [0, 0.05) is 22.6 Å². The largest absolute Gasteiger partial charge is 0.494 e. The molecule has 0 bridgehead atoms. The molecule has 0 spiro atoms. The molecular weight excluding hydrogens is 299 g/mol. The monoisotopic (exact) mass is 310 g/mol. The minimum Gasteiger partial charge on any atom is -0.494 e. The van der Waals surface area contributed by atoms with Crippen molar-refractivity contribution >= 4 is 34.8 Å². The molecule has 0 unspecified atom stereocenters. The summed E-state index contributed by atoms with van der Waals surface area (Å²) in [6.07, 6.45) is 1.62. The predicted octanol–water partition coefficient (Wildman–Crippen LogP) is 3.96. The van der Waals surface area contributed by atoms with Gasteiger partial charge in [-0.05, 0) is 31.2 Å². The predicted molar refractivity (Wildman–Crippen MR) is 79.9 cm³/mol. The molecule has 2 rings (SSSR count). The number of ether oxygens (including phenoxy) is 1. The molecule has 1 heterocycles. The normalized spacial score (nSPS) is 10.2. The van der Waals surface area contributed by atoms with Crippen molar-refractivity contribution in [1.29, 1.82) is 0 Å². The van der Waals surface area contributed by atoms with Gasteiger partial charge in [-0.1, -0.05) is 23.2 Å². The lowest BCUT2D eigenvalue weighted by Crippen LogP contribution is -2.13. The first kappa shape index (κ1) is 14.6. The summed E-state index contributed by atoms with van der Waals surface area (Å²) < 4.78 is 5.15. The van der Waals surface area contributed by atoms with Crippen molar-refractivity contribution in [1.82, 2.24) is 4.98 Å². The molecule has 0 fully saturated rings. The summed E-state index contributed by atoms with van der Waals surface area (Å²) in [6, 6.07) is 6.49. The number of nitrogens with zero attached hydrogens (tertiary/aromatic N) is 1. The smallest absolute Gasteiger partial charge is 0.259 e. The molecule has 0 saturated heterocycles. The molecular formula is C14H12Cl2N2O2. The van der Waals surface area contributed by atoms with Gasteiger partial charge in [-0.2, -0.15) is 0 Å². The Kier molecular flexibility index (Phi) is 4.47. The Morgan fingerprint density at radius 2 is 2.05 bits per heavy atom. The Balaban J connectivity index is 2.34. The lowest BCUT2D eigenvalue weighted by Gasteiger charge is -2.11. The second-order valence-corrected chi connectivity index (χ2v) is 4.95. The molecule has 2 aromatic rings. The van der Waals surface area contributed by atoms with Crippen molar-refractivity contribution < 1.29 is 9.53 Å². The van der Waals surface area contributed by atoms with Crippen molar-refractivity contribution in [2.75, 3.05) is 12.4 Å². The van der Waals surface area contributed by atoms with E-state index in [0.29, 0.717) is 16.5 Å². The van der Waals surface area contributed by atoms with Crippen LogP contribution < -0.4 is 10.1 Å². The molecule has 104 valence electrons. The first-order valence-electron chi connectivity index (χ1n) is 5.78. The van der Waals surface area contributed by atoms with E-state index in [1.54, 1.807) is 18.3 Å². The quantitative estimate of drug-likeness (QED) is 0.933. The van der Waals surface area contributed by atoms with Gasteiger partial charge in [-0.15, -0.1) is 0 Å². The molecule has 1 aromatic carbocycles. The average molecular weight is 311 g/mol. The highest BCUT2D eigenvalue weighted by atomic mass is 35.5. The highest BCUT2D eigenvalue weighted by Crippen LogP contribution is 2.32. The number of hydrogen-bond acceptors (Lipinski definition) is 3. The van der Waals surface area contributed by atoms with Crippen LogP contribution in [-0.4, -0.2) is 18.0 Å². The van der Waals surface area contributed by atoms with Crippen LogP contribution in [0, 0.1) is 6.92 Å². The summed E-state index contributed by atoms with van der Waals surface area (Å²) in [5.74, 6) is -0.0591. The van der Waals surface area contributed by atoms with Crippen molar-refractivity contribution in [2.45, 2.75) is 6.92 Å². The third-order valence-electron chi connectivity index (χ3n) is 2.61. The molecule has 1 aromatic heterocycles. The van der Waals surface area contributed by atoms with E-state index in [4.69, 9.17) is 27.9 Å². The van der Waals surface area contributed by atoms with E-state index >= 15 is 0 Å². The molecule has 4 nitrogen and oxygen atoms in total. The van der Waals surface area contributed by atoms with Gasteiger partial charge in [0.1, 0.15) is 5.75 Å². The van der Waals surface area contributed by atoms with Crippen molar-refractivity contribution in [3.63, 3.8) is 0 Å². The number of carbonyl (C=O) groups excluding carboxylic acids is 1. The Labute approximate surface area is 126 Å². The van der Waals surface area contributed by atoms with Gasteiger partial charge in [0.05, 0.1) is 17.7 Å². The average Bonchev–Trinajstić information content (AvgIpc) is 2.37. The molecule has 6 heteroatoms. The number of pyridine rings is 1. The SMILES string of the molecule is COc1c(Cl)cc(Cl)cc1C(=O)Nc1ccnc(C)c1.